The number of ether oxygens (including phenoxy) is 1. The van der Waals surface area contributed by atoms with E-state index < -0.39 is 0 Å². The number of piperidine rings is 1. The van der Waals surface area contributed by atoms with E-state index in [4.69, 9.17) is 4.74 Å². The number of hydrogen-bond donors (Lipinski definition) is 1. The minimum atomic E-state index is -0.121. The zero-order chi connectivity index (χ0) is 14.8. The van der Waals surface area contributed by atoms with Crippen LogP contribution in [0.2, 0.25) is 0 Å². The molecule has 1 N–H and O–H groups in total. The zero-order valence-corrected chi connectivity index (χ0v) is 12.8. The van der Waals surface area contributed by atoms with Crippen LogP contribution in [-0.4, -0.2) is 43.6 Å². The number of nitrogens with one attached hydrogen (secondary N) is 1. The lowest BCUT2D eigenvalue weighted by Crippen LogP contribution is -2.51. The largest absolute Gasteiger partial charge is 0.492 e. The summed E-state index contributed by atoms with van der Waals surface area (Å²) < 4.78 is 5.66. The van der Waals surface area contributed by atoms with Gasteiger partial charge in [-0.15, -0.1) is 0 Å². The van der Waals surface area contributed by atoms with Crippen LogP contribution in [0.15, 0.2) is 24.3 Å². The molecule has 0 aromatic heterocycles. The minimum absolute atomic E-state index is 0.121. The maximum Gasteiger partial charge on any atom is 0.233 e. The molecule has 1 saturated heterocycles. The highest BCUT2D eigenvalue weighted by molar-refractivity contribution is 5.85. The number of rotatable bonds is 3. The minimum Gasteiger partial charge on any atom is -0.492 e. The average Bonchev–Trinajstić information content (AvgIpc) is 2.97. The molecule has 3 unspecified atom stereocenters. The Morgan fingerprint density at radius 3 is 3.00 bits per heavy atom. The molecule has 1 amide bonds. The van der Waals surface area contributed by atoms with Crippen LogP contribution in [0.4, 0.5) is 0 Å². The van der Waals surface area contributed by atoms with E-state index in [0.29, 0.717) is 18.6 Å². The molecule has 2 aliphatic rings. The molecule has 0 radical (unpaired) electrons. The van der Waals surface area contributed by atoms with Gasteiger partial charge in [0.15, 0.2) is 0 Å². The van der Waals surface area contributed by atoms with E-state index in [9.17, 15) is 4.79 Å². The highest BCUT2D eigenvalue weighted by Crippen LogP contribution is 2.35. The average molecular weight is 288 g/mol. The first-order valence-electron chi connectivity index (χ1n) is 7.92. The molecule has 0 aliphatic carbocycles. The normalized spacial score (nSPS) is 28.1. The monoisotopic (exact) mass is 288 g/mol. The van der Waals surface area contributed by atoms with Crippen LogP contribution in [-0.2, 0) is 4.79 Å². The van der Waals surface area contributed by atoms with Crippen molar-refractivity contribution in [3.8, 4) is 5.75 Å². The molecule has 3 rings (SSSR count). The van der Waals surface area contributed by atoms with Gasteiger partial charge in [-0.1, -0.05) is 31.5 Å². The Morgan fingerprint density at radius 2 is 2.24 bits per heavy atom. The summed E-state index contributed by atoms with van der Waals surface area (Å²) >= 11 is 0. The summed E-state index contributed by atoms with van der Waals surface area (Å²) in [6.45, 7) is 4.40. The fourth-order valence-corrected chi connectivity index (χ4v) is 3.61. The molecule has 0 saturated carbocycles. The zero-order valence-electron chi connectivity index (χ0n) is 12.8. The Kier molecular flexibility index (Phi) is 4.15. The Bertz CT molecular complexity index is 517. The Balaban J connectivity index is 1.72. The summed E-state index contributed by atoms with van der Waals surface area (Å²) in [5, 5.41) is 3.39. The first kappa shape index (κ1) is 14.4. The lowest BCUT2D eigenvalue weighted by atomic mass is 9.89. The molecule has 3 atom stereocenters. The fourth-order valence-electron chi connectivity index (χ4n) is 3.61. The van der Waals surface area contributed by atoms with Crippen molar-refractivity contribution < 1.29 is 9.53 Å². The molecule has 2 aliphatic heterocycles. The second-order valence-corrected chi connectivity index (χ2v) is 6.04. The summed E-state index contributed by atoms with van der Waals surface area (Å²) in [5.74, 6) is 1.52. The van der Waals surface area contributed by atoms with Gasteiger partial charge in [0.1, 0.15) is 18.3 Å². The van der Waals surface area contributed by atoms with Crippen LogP contribution in [0.3, 0.4) is 0 Å². The summed E-state index contributed by atoms with van der Waals surface area (Å²) in [4.78, 5) is 14.9. The van der Waals surface area contributed by atoms with Crippen molar-refractivity contribution in [1.82, 2.24) is 10.2 Å². The van der Waals surface area contributed by atoms with Crippen molar-refractivity contribution in [2.75, 3.05) is 26.7 Å². The van der Waals surface area contributed by atoms with Gasteiger partial charge < -0.3 is 15.0 Å². The van der Waals surface area contributed by atoms with Crippen molar-refractivity contribution in [2.24, 2.45) is 5.92 Å². The van der Waals surface area contributed by atoms with Gasteiger partial charge in [-0.05, 0) is 25.5 Å². The Hall–Kier alpha value is -1.55. The van der Waals surface area contributed by atoms with E-state index in [0.717, 1.165) is 37.2 Å². The quantitative estimate of drug-likeness (QED) is 0.925. The number of hydrogen-bond acceptors (Lipinski definition) is 3. The second-order valence-electron chi connectivity index (χ2n) is 6.04. The van der Waals surface area contributed by atoms with Crippen molar-refractivity contribution in [3.63, 3.8) is 0 Å². The van der Waals surface area contributed by atoms with Gasteiger partial charge in [0.05, 0.1) is 0 Å². The maximum atomic E-state index is 12.8. The lowest BCUT2D eigenvalue weighted by Gasteiger charge is -2.39. The summed E-state index contributed by atoms with van der Waals surface area (Å²) in [5.41, 5.74) is 1.05. The van der Waals surface area contributed by atoms with Gasteiger partial charge in [-0.25, -0.2) is 0 Å². The third-order valence-electron chi connectivity index (χ3n) is 4.94. The summed E-state index contributed by atoms with van der Waals surface area (Å²) in [6, 6.07) is 8.44. The van der Waals surface area contributed by atoms with E-state index >= 15 is 0 Å². The van der Waals surface area contributed by atoms with Crippen molar-refractivity contribution in [2.45, 2.75) is 31.7 Å². The highest BCUT2D eigenvalue weighted by atomic mass is 16.5. The SMILES string of the molecule is CCC1CN(C(=O)C2COc3ccccc32)CCC1NC. The number of para-hydroxylation sites is 1. The van der Waals surface area contributed by atoms with Crippen LogP contribution in [0.25, 0.3) is 0 Å². The molecule has 4 nitrogen and oxygen atoms in total. The number of nitrogens with zero attached hydrogens (tertiary/aromatic N) is 1. The van der Waals surface area contributed by atoms with Crippen molar-refractivity contribution >= 4 is 5.91 Å². The molecule has 0 bridgehead atoms. The molecule has 2 heterocycles. The van der Waals surface area contributed by atoms with Crippen LogP contribution in [0, 0.1) is 5.92 Å². The molecule has 1 aromatic rings. The van der Waals surface area contributed by atoms with E-state index in [-0.39, 0.29) is 11.8 Å². The third-order valence-corrected chi connectivity index (χ3v) is 4.94. The molecular formula is C17H24N2O2. The standard InChI is InChI=1S/C17H24N2O2/c1-3-12-10-19(9-8-15(12)18-2)17(20)14-11-21-16-7-5-4-6-13(14)16/h4-7,12,14-15,18H,3,8-11H2,1-2H3. The molecular weight excluding hydrogens is 264 g/mol. The summed E-state index contributed by atoms with van der Waals surface area (Å²) in [6.07, 6.45) is 2.14. The van der Waals surface area contributed by atoms with Gasteiger partial charge >= 0.3 is 0 Å². The number of carbonyl (C=O) groups is 1. The number of likely N-dealkylation sites (tertiary alicyclic amines) is 1. The van der Waals surface area contributed by atoms with Gasteiger partial charge in [0.25, 0.3) is 0 Å². The second kappa shape index (κ2) is 6.06. The summed E-state index contributed by atoms with van der Waals surface area (Å²) in [7, 11) is 2.02. The fraction of sp³-hybridized carbons (Fsp3) is 0.588. The van der Waals surface area contributed by atoms with Crippen LogP contribution < -0.4 is 10.1 Å². The molecule has 21 heavy (non-hydrogen) atoms. The Labute approximate surface area is 126 Å². The molecule has 114 valence electrons. The number of carbonyl (C=O) groups excluding carboxylic acids is 1. The molecule has 0 spiro atoms. The topological polar surface area (TPSA) is 41.6 Å². The number of fused-ring (bicyclic) bond motifs is 1. The van der Waals surface area contributed by atoms with E-state index in [1.807, 2.05) is 36.2 Å². The van der Waals surface area contributed by atoms with E-state index in [2.05, 4.69) is 12.2 Å². The van der Waals surface area contributed by atoms with Crippen LogP contribution >= 0.6 is 0 Å². The lowest BCUT2D eigenvalue weighted by molar-refractivity contribution is -0.135. The van der Waals surface area contributed by atoms with Gasteiger partial charge in [0.2, 0.25) is 5.91 Å². The number of benzene rings is 1. The molecule has 1 fully saturated rings. The van der Waals surface area contributed by atoms with E-state index in [1.165, 1.54) is 0 Å². The third kappa shape index (κ3) is 2.64. The van der Waals surface area contributed by atoms with Crippen LogP contribution in [0.5, 0.6) is 5.75 Å². The predicted molar refractivity (Wildman–Crippen MR) is 82.5 cm³/mol. The van der Waals surface area contributed by atoms with Gasteiger partial charge in [-0.3, -0.25) is 4.79 Å². The van der Waals surface area contributed by atoms with Gasteiger partial charge in [-0.2, -0.15) is 0 Å². The van der Waals surface area contributed by atoms with E-state index in [1.54, 1.807) is 0 Å². The van der Waals surface area contributed by atoms with Gasteiger partial charge in [0, 0.05) is 24.7 Å². The first-order chi connectivity index (χ1) is 10.2. The Morgan fingerprint density at radius 1 is 1.43 bits per heavy atom. The smallest absolute Gasteiger partial charge is 0.233 e. The predicted octanol–water partition coefficient (Wildman–Crippen LogP) is 2.01. The molecule has 1 aromatic carbocycles. The maximum absolute atomic E-state index is 12.8. The van der Waals surface area contributed by atoms with Crippen molar-refractivity contribution in [3.05, 3.63) is 29.8 Å². The first-order valence-corrected chi connectivity index (χ1v) is 7.92. The highest BCUT2D eigenvalue weighted by Gasteiger charge is 2.36. The van der Waals surface area contributed by atoms with Crippen LogP contribution in [0.1, 0.15) is 31.2 Å². The molecule has 4 heteroatoms. The number of amides is 1. The van der Waals surface area contributed by atoms with Crippen molar-refractivity contribution in [1.29, 1.82) is 0 Å².